The van der Waals surface area contributed by atoms with Crippen molar-refractivity contribution in [1.29, 1.82) is 0 Å². The lowest BCUT2D eigenvalue weighted by Gasteiger charge is -2.21. The minimum absolute atomic E-state index is 0.0905. The number of methoxy groups -OCH3 is 1. The van der Waals surface area contributed by atoms with Gasteiger partial charge in [-0.25, -0.2) is 4.98 Å². The van der Waals surface area contributed by atoms with Gasteiger partial charge in [-0.15, -0.1) is 0 Å². The molecule has 0 radical (unpaired) electrons. The van der Waals surface area contributed by atoms with Gasteiger partial charge in [0.25, 0.3) is 5.56 Å². The van der Waals surface area contributed by atoms with Crippen LogP contribution >= 0.6 is 11.6 Å². The summed E-state index contributed by atoms with van der Waals surface area (Å²) in [6, 6.07) is 20.0. The molecule has 8 heteroatoms. The number of nitrogens with zero attached hydrogens (tertiary/aromatic N) is 3. The van der Waals surface area contributed by atoms with Crippen LogP contribution < -0.4 is 15.0 Å². The van der Waals surface area contributed by atoms with Crippen molar-refractivity contribution in [2.24, 2.45) is 10.5 Å². The lowest BCUT2D eigenvalue weighted by molar-refractivity contribution is 0.191. The van der Waals surface area contributed by atoms with Gasteiger partial charge >= 0.3 is 0 Å². The highest BCUT2D eigenvalue weighted by atomic mass is 35.5. The number of aromatic nitrogens is 2. The van der Waals surface area contributed by atoms with E-state index in [1.165, 1.54) is 10.9 Å². The highest BCUT2D eigenvalue weighted by Crippen LogP contribution is 2.35. The first-order valence-electron chi connectivity index (χ1n) is 11.8. The van der Waals surface area contributed by atoms with Crippen molar-refractivity contribution in [3.63, 3.8) is 0 Å². The summed E-state index contributed by atoms with van der Waals surface area (Å²) in [5.74, 6) is 1.66. The highest BCUT2D eigenvalue weighted by Gasteiger charge is 2.19. The largest absolute Gasteiger partial charge is 0.493 e. The lowest BCUT2D eigenvalue weighted by Crippen LogP contribution is -2.20. The quantitative estimate of drug-likeness (QED) is 0.233. The van der Waals surface area contributed by atoms with Crippen LogP contribution in [-0.2, 0) is 0 Å². The van der Waals surface area contributed by atoms with E-state index in [-0.39, 0.29) is 16.8 Å². The van der Waals surface area contributed by atoms with E-state index in [0.717, 1.165) is 5.39 Å². The summed E-state index contributed by atoms with van der Waals surface area (Å²) >= 11 is 6.36. The van der Waals surface area contributed by atoms with E-state index in [2.05, 4.69) is 25.9 Å². The first-order valence-corrected chi connectivity index (χ1v) is 12.2. The molecule has 37 heavy (non-hydrogen) atoms. The van der Waals surface area contributed by atoms with E-state index < -0.39 is 0 Å². The fourth-order valence-corrected chi connectivity index (χ4v) is 4.10. The molecule has 0 amide bonds. The molecule has 0 saturated carbocycles. The smallest absolute Gasteiger partial charge is 0.282 e. The van der Waals surface area contributed by atoms with Gasteiger partial charge in [0.05, 0.1) is 30.8 Å². The topological polar surface area (TPSA) is 78.9 Å². The molecule has 0 saturated heterocycles. The summed E-state index contributed by atoms with van der Waals surface area (Å²) in [5.41, 5.74) is 1.38. The molecule has 0 bridgehead atoms. The Morgan fingerprint density at radius 3 is 2.59 bits per heavy atom. The van der Waals surface area contributed by atoms with Crippen molar-refractivity contribution < 1.29 is 13.9 Å². The molecule has 0 N–H and O–H groups in total. The van der Waals surface area contributed by atoms with Crippen LogP contribution in [0.5, 0.6) is 11.5 Å². The molecule has 5 aromatic rings. The molecule has 0 aliphatic carbocycles. The standard InChI is InChI=1S/C29H26ClN3O4/c1-29(2,3)17-36-26-19(13-20(30)15-24(26)35-4)16-31-33-27(25-14-18-9-5-8-12-23(18)37-25)32-22-11-7-6-10-21(22)28(33)34/h5-16H,17H2,1-4H3. The molecular weight excluding hydrogens is 490 g/mol. The molecule has 0 spiro atoms. The molecule has 0 fully saturated rings. The first-order chi connectivity index (χ1) is 17.7. The van der Waals surface area contributed by atoms with Crippen LogP contribution in [0.15, 0.2) is 81.0 Å². The van der Waals surface area contributed by atoms with Crippen molar-refractivity contribution in [3.8, 4) is 23.1 Å². The summed E-state index contributed by atoms with van der Waals surface area (Å²) in [4.78, 5) is 18.3. The third-order valence-corrected chi connectivity index (χ3v) is 5.85. The van der Waals surface area contributed by atoms with Gasteiger partial charge in [0.2, 0.25) is 5.82 Å². The van der Waals surface area contributed by atoms with Crippen LogP contribution in [0.4, 0.5) is 0 Å². The number of para-hydroxylation sites is 2. The highest BCUT2D eigenvalue weighted by molar-refractivity contribution is 6.31. The number of rotatable bonds is 6. The Balaban J connectivity index is 1.69. The monoisotopic (exact) mass is 515 g/mol. The number of hydrogen-bond acceptors (Lipinski definition) is 6. The maximum Gasteiger partial charge on any atom is 0.282 e. The molecule has 5 rings (SSSR count). The van der Waals surface area contributed by atoms with E-state index in [1.807, 2.05) is 36.4 Å². The Labute approximate surface area is 218 Å². The third-order valence-electron chi connectivity index (χ3n) is 5.63. The summed E-state index contributed by atoms with van der Waals surface area (Å²) in [6.45, 7) is 6.66. The second kappa shape index (κ2) is 9.75. The zero-order valence-corrected chi connectivity index (χ0v) is 21.7. The van der Waals surface area contributed by atoms with Gasteiger partial charge in [-0.05, 0) is 35.7 Å². The first kappa shape index (κ1) is 24.6. The molecule has 0 atom stereocenters. The van der Waals surface area contributed by atoms with Crippen molar-refractivity contribution in [1.82, 2.24) is 9.66 Å². The van der Waals surface area contributed by atoms with Crippen LogP contribution in [0.25, 0.3) is 33.5 Å². The molecule has 7 nitrogen and oxygen atoms in total. The molecule has 2 heterocycles. The molecule has 2 aromatic heterocycles. The number of hydrogen-bond donors (Lipinski definition) is 0. The van der Waals surface area contributed by atoms with Gasteiger partial charge in [-0.3, -0.25) is 4.79 Å². The number of fused-ring (bicyclic) bond motifs is 2. The van der Waals surface area contributed by atoms with Gasteiger partial charge in [0.15, 0.2) is 17.3 Å². The van der Waals surface area contributed by atoms with Crippen LogP contribution in [0.3, 0.4) is 0 Å². The Kier molecular flexibility index (Phi) is 6.48. The Hall–Kier alpha value is -4.10. The SMILES string of the molecule is COc1cc(Cl)cc(C=Nn2c(-c3cc4ccccc4o3)nc3ccccc3c2=O)c1OCC(C)(C)C. The number of furan rings is 1. The maximum atomic E-state index is 13.6. The summed E-state index contributed by atoms with van der Waals surface area (Å²) < 4.78 is 18.9. The normalized spacial score (nSPS) is 12.0. The van der Waals surface area contributed by atoms with E-state index >= 15 is 0 Å². The Bertz CT molecular complexity index is 1660. The molecule has 0 unspecified atom stereocenters. The summed E-state index contributed by atoms with van der Waals surface area (Å²) in [6.07, 6.45) is 1.52. The van der Waals surface area contributed by atoms with Gasteiger partial charge in [-0.1, -0.05) is 62.7 Å². The Morgan fingerprint density at radius 2 is 1.84 bits per heavy atom. The fourth-order valence-electron chi connectivity index (χ4n) is 3.88. The third kappa shape index (κ3) is 5.08. The summed E-state index contributed by atoms with van der Waals surface area (Å²) in [7, 11) is 1.55. The zero-order valence-electron chi connectivity index (χ0n) is 21.0. The predicted octanol–water partition coefficient (Wildman–Crippen LogP) is 6.78. The van der Waals surface area contributed by atoms with Crippen LogP contribution in [0, 0.1) is 5.41 Å². The van der Waals surface area contributed by atoms with Crippen molar-refractivity contribution in [3.05, 3.63) is 87.7 Å². The Morgan fingerprint density at radius 1 is 1.08 bits per heavy atom. The van der Waals surface area contributed by atoms with Crippen LogP contribution in [-0.4, -0.2) is 29.6 Å². The van der Waals surface area contributed by atoms with Gasteiger partial charge < -0.3 is 13.9 Å². The van der Waals surface area contributed by atoms with Crippen LogP contribution in [0.2, 0.25) is 5.02 Å². The summed E-state index contributed by atoms with van der Waals surface area (Å²) in [5, 5.41) is 6.34. The minimum Gasteiger partial charge on any atom is -0.493 e. The average molecular weight is 516 g/mol. The number of benzene rings is 3. The van der Waals surface area contributed by atoms with E-state index in [4.69, 9.17) is 30.5 Å². The predicted molar refractivity (Wildman–Crippen MR) is 147 cm³/mol. The van der Waals surface area contributed by atoms with E-state index in [0.29, 0.717) is 50.9 Å². The van der Waals surface area contributed by atoms with Crippen LogP contribution in [0.1, 0.15) is 26.3 Å². The second-order valence-electron chi connectivity index (χ2n) is 9.84. The molecule has 188 valence electrons. The second-order valence-corrected chi connectivity index (χ2v) is 10.3. The molecule has 3 aromatic carbocycles. The molecule has 0 aliphatic rings. The number of ether oxygens (including phenoxy) is 2. The molecule has 0 aliphatic heterocycles. The van der Waals surface area contributed by atoms with Gasteiger partial charge in [0, 0.05) is 22.0 Å². The van der Waals surface area contributed by atoms with E-state index in [1.54, 1.807) is 37.4 Å². The van der Waals surface area contributed by atoms with Crippen molar-refractivity contribution >= 4 is 39.7 Å². The average Bonchev–Trinajstić information content (AvgIpc) is 3.30. The minimum atomic E-state index is -0.330. The maximum absolute atomic E-state index is 13.6. The lowest BCUT2D eigenvalue weighted by atomic mass is 9.98. The van der Waals surface area contributed by atoms with Gasteiger partial charge in [0.1, 0.15) is 5.58 Å². The molecular formula is C29H26ClN3O4. The van der Waals surface area contributed by atoms with Crippen molar-refractivity contribution in [2.75, 3.05) is 13.7 Å². The van der Waals surface area contributed by atoms with Crippen molar-refractivity contribution in [2.45, 2.75) is 20.8 Å². The van der Waals surface area contributed by atoms with Gasteiger partial charge in [-0.2, -0.15) is 9.78 Å². The fraction of sp³-hybridized carbons (Fsp3) is 0.207. The zero-order chi connectivity index (χ0) is 26.2. The number of halogens is 1. The van der Waals surface area contributed by atoms with E-state index in [9.17, 15) is 4.79 Å².